The average Bonchev–Trinajstić information content (AvgIpc) is 2.19. The molecule has 0 radical (unpaired) electrons. The molecule has 0 aliphatic rings. The molecule has 0 amide bonds. The van der Waals surface area contributed by atoms with E-state index in [-0.39, 0.29) is 23.6 Å². The summed E-state index contributed by atoms with van der Waals surface area (Å²) in [6.07, 6.45) is 0.353. The third-order valence-corrected chi connectivity index (χ3v) is 2.21. The van der Waals surface area contributed by atoms with Crippen molar-refractivity contribution in [3.63, 3.8) is 0 Å². The maximum absolute atomic E-state index is 13.6. The molecule has 0 saturated heterocycles. The Morgan fingerprint density at radius 3 is 2.41 bits per heavy atom. The maximum Gasteiger partial charge on any atom is 0.165 e. The number of ether oxygens (including phenoxy) is 1. The van der Waals surface area contributed by atoms with Gasteiger partial charge in [0.15, 0.2) is 17.3 Å². The van der Waals surface area contributed by atoms with E-state index in [1.807, 2.05) is 27.7 Å². The predicted octanol–water partition coefficient (Wildman–Crippen LogP) is 3.84. The third-order valence-electron chi connectivity index (χ3n) is 2.21. The highest BCUT2D eigenvalue weighted by Crippen LogP contribution is 2.21. The van der Waals surface area contributed by atoms with Crippen molar-refractivity contribution in [3.8, 4) is 5.75 Å². The lowest BCUT2D eigenvalue weighted by atomic mass is 10.0. The molecule has 17 heavy (non-hydrogen) atoms. The van der Waals surface area contributed by atoms with E-state index in [2.05, 4.69) is 0 Å². The van der Waals surface area contributed by atoms with E-state index in [1.54, 1.807) is 6.07 Å². The van der Waals surface area contributed by atoms with Crippen molar-refractivity contribution < 1.29 is 13.9 Å². The Morgan fingerprint density at radius 2 is 1.94 bits per heavy atom. The Kier molecular flexibility index (Phi) is 4.67. The zero-order valence-electron chi connectivity index (χ0n) is 10.8. The summed E-state index contributed by atoms with van der Waals surface area (Å²) in [5.74, 6) is -0.0402. The molecule has 0 saturated carbocycles. The first-order valence-corrected chi connectivity index (χ1v) is 5.89. The first-order valence-electron chi connectivity index (χ1n) is 5.89. The summed E-state index contributed by atoms with van der Waals surface area (Å²) in [6, 6.07) is 4.39. The largest absolute Gasteiger partial charge is 0.488 e. The number of rotatable bonds is 5. The minimum Gasteiger partial charge on any atom is -0.488 e. The van der Waals surface area contributed by atoms with Gasteiger partial charge < -0.3 is 4.74 Å². The molecule has 2 nitrogen and oxygen atoms in total. The zero-order valence-corrected chi connectivity index (χ0v) is 10.8. The van der Waals surface area contributed by atoms with Crippen LogP contribution in [0.25, 0.3) is 0 Å². The second-order valence-electron chi connectivity index (χ2n) is 4.83. The average molecular weight is 238 g/mol. The monoisotopic (exact) mass is 238 g/mol. The number of halogens is 1. The van der Waals surface area contributed by atoms with Gasteiger partial charge in [0.2, 0.25) is 0 Å². The van der Waals surface area contributed by atoms with Crippen LogP contribution in [0.15, 0.2) is 18.2 Å². The van der Waals surface area contributed by atoms with Gasteiger partial charge in [-0.1, -0.05) is 13.8 Å². The van der Waals surface area contributed by atoms with E-state index < -0.39 is 5.82 Å². The highest BCUT2D eigenvalue weighted by Gasteiger charge is 2.12. The minimum atomic E-state index is -0.478. The standard InChI is InChI=1S/C14H19FO2/c1-9(2)7-13(16)11-5-6-14(12(15)8-11)17-10(3)4/h5-6,8-10H,7H2,1-4H3. The van der Waals surface area contributed by atoms with Crippen LogP contribution in [0.3, 0.4) is 0 Å². The maximum atomic E-state index is 13.6. The van der Waals surface area contributed by atoms with Gasteiger partial charge in [0.25, 0.3) is 0 Å². The van der Waals surface area contributed by atoms with E-state index >= 15 is 0 Å². The first kappa shape index (κ1) is 13.7. The fraction of sp³-hybridized carbons (Fsp3) is 0.500. The van der Waals surface area contributed by atoms with Crippen LogP contribution in [0, 0.1) is 11.7 Å². The van der Waals surface area contributed by atoms with Gasteiger partial charge in [0, 0.05) is 12.0 Å². The lowest BCUT2D eigenvalue weighted by Crippen LogP contribution is -2.08. The van der Waals surface area contributed by atoms with Crippen LogP contribution >= 0.6 is 0 Å². The van der Waals surface area contributed by atoms with Crippen molar-refractivity contribution in [1.29, 1.82) is 0 Å². The van der Waals surface area contributed by atoms with Gasteiger partial charge in [-0.3, -0.25) is 4.79 Å². The van der Waals surface area contributed by atoms with Crippen LogP contribution in [-0.4, -0.2) is 11.9 Å². The van der Waals surface area contributed by atoms with Crippen molar-refractivity contribution in [2.45, 2.75) is 40.2 Å². The van der Waals surface area contributed by atoms with E-state index in [0.29, 0.717) is 12.0 Å². The Morgan fingerprint density at radius 1 is 1.29 bits per heavy atom. The minimum absolute atomic E-state index is 0.0324. The van der Waals surface area contributed by atoms with Crippen LogP contribution in [0.4, 0.5) is 4.39 Å². The predicted molar refractivity (Wildman–Crippen MR) is 65.9 cm³/mol. The zero-order chi connectivity index (χ0) is 13.0. The van der Waals surface area contributed by atoms with Gasteiger partial charge in [-0.05, 0) is 38.0 Å². The van der Waals surface area contributed by atoms with Crippen LogP contribution in [0.1, 0.15) is 44.5 Å². The number of Topliss-reactive ketones (excluding diaryl/α,β-unsaturated/α-hetero) is 1. The normalized spacial score (nSPS) is 11.0. The lowest BCUT2D eigenvalue weighted by Gasteiger charge is -2.11. The quantitative estimate of drug-likeness (QED) is 0.728. The lowest BCUT2D eigenvalue weighted by molar-refractivity contribution is 0.0967. The summed E-state index contributed by atoms with van der Waals surface area (Å²) < 4.78 is 18.9. The van der Waals surface area contributed by atoms with E-state index in [4.69, 9.17) is 4.74 Å². The van der Waals surface area contributed by atoms with Gasteiger partial charge in [0.05, 0.1) is 6.10 Å². The van der Waals surface area contributed by atoms with E-state index in [9.17, 15) is 9.18 Å². The molecule has 0 atom stereocenters. The van der Waals surface area contributed by atoms with Gasteiger partial charge in [-0.2, -0.15) is 0 Å². The molecule has 94 valence electrons. The molecule has 0 N–H and O–H groups in total. The van der Waals surface area contributed by atoms with Crippen LogP contribution < -0.4 is 4.74 Å². The fourth-order valence-electron chi connectivity index (χ4n) is 1.51. The van der Waals surface area contributed by atoms with Gasteiger partial charge >= 0.3 is 0 Å². The molecule has 0 aliphatic carbocycles. The Labute approximate surface area is 102 Å². The number of hydrogen-bond donors (Lipinski definition) is 0. The SMILES string of the molecule is CC(C)CC(=O)c1ccc(OC(C)C)c(F)c1. The molecular weight excluding hydrogens is 219 g/mol. The molecular formula is C14H19FO2. The molecule has 0 heterocycles. The molecule has 1 aromatic carbocycles. The fourth-order valence-corrected chi connectivity index (χ4v) is 1.51. The van der Waals surface area contributed by atoms with Gasteiger partial charge in [0.1, 0.15) is 0 Å². The molecule has 0 fully saturated rings. The van der Waals surface area contributed by atoms with Crippen molar-refractivity contribution in [2.24, 2.45) is 5.92 Å². The van der Waals surface area contributed by atoms with E-state index in [0.717, 1.165) is 0 Å². The smallest absolute Gasteiger partial charge is 0.165 e. The van der Waals surface area contributed by atoms with Crippen molar-refractivity contribution in [1.82, 2.24) is 0 Å². The molecule has 0 bridgehead atoms. The Balaban J connectivity index is 2.85. The summed E-state index contributed by atoms with van der Waals surface area (Å²) in [6.45, 7) is 7.59. The summed E-state index contributed by atoms with van der Waals surface area (Å²) in [7, 11) is 0. The van der Waals surface area contributed by atoms with Crippen molar-refractivity contribution in [2.75, 3.05) is 0 Å². The number of ketones is 1. The van der Waals surface area contributed by atoms with Crippen molar-refractivity contribution in [3.05, 3.63) is 29.6 Å². The molecule has 1 aromatic rings. The Hall–Kier alpha value is -1.38. The van der Waals surface area contributed by atoms with Crippen LogP contribution in [0.5, 0.6) is 5.75 Å². The van der Waals surface area contributed by atoms with Crippen LogP contribution in [-0.2, 0) is 0 Å². The summed E-state index contributed by atoms with van der Waals surface area (Å²) in [5, 5.41) is 0. The second kappa shape index (κ2) is 5.80. The second-order valence-corrected chi connectivity index (χ2v) is 4.83. The Bertz CT molecular complexity index is 397. The molecule has 3 heteroatoms. The molecule has 1 rings (SSSR count). The number of hydrogen-bond acceptors (Lipinski definition) is 2. The molecule has 0 spiro atoms. The van der Waals surface area contributed by atoms with Crippen LogP contribution in [0.2, 0.25) is 0 Å². The highest BCUT2D eigenvalue weighted by molar-refractivity contribution is 5.96. The van der Waals surface area contributed by atoms with E-state index in [1.165, 1.54) is 12.1 Å². The number of carbonyl (C=O) groups is 1. The van der Waals surface area contributed by atoms with Gasteiger partial charge in [-0.15, -0.1) is 0 Å². The molecule has 0 aliphatic heterocycles. The summed E-state index contributed by atoms with van der Waals surface area (Å²) >= 11 is 0. The number of benzene rings is 1. The summed E-state index contributed by atoms with van der Waals surface area (Å²) in [5.41, 5.74) is 0.410. The summed E-state index contributed by atoms with van der Waals surface area (Å²) in [4.78, 5) is 11.7. The topological polar surface area (TPSA) is 26.3 Å². The first-order chi connectivity index (χ1) is 7.90. The third kappa shape index (κ3) is 4.17. The number of carbonyl (C=O) groups excluding carboxylic acids is 1. The highest BCUT2D eigenvalue weighted by atomic mass is 19.1. The van der Waals surface area contributed by atoms with Crippen molar-refractivity contribution >= 4 is 5.78 Å². The van der Waals surface area contributed by atoms with Gasteiger partial charge in [-0.25, -0.2) is 4.39 Å². The molecule has 0 unspecified atom stereocenters. The molecule has 0 aromatic heterocycles.